The molecule has 6 nitrogen and oxygen atoms in total. The van der Waals surface area contributed by atoms with Gasteiger partial charge in [0.05, 0.1) is 37.3 Å². The fraction of sp³-hybridized carbons (Fsp3) is 0.882. The zero-order valence-electron chi connectivity index (χ0n) is 15.5. The largest absolute Gasteiger partial charge is 0.463 e. The lowest BCUT2D eigenvalue weighted by molar-refractivity contribution is -0.158. The van der Waals surface area contributed by atoms with Crippen LogP contribution in [-0.4, -0.2) is 50.1 Å². The molecule has 0 aliphatic rings. The predicted octanol–water partition coefficient (Wildman–Crippen LogP) is 2.58. The van der Waals surface area contributed by atoms with Crippen molar-refractivity contribution >= 4 is 11.9 Å². The summed E-state index contributed by atoms with van der Waals surface area (Å²) in [6, 6.07) is 0. The van der Waals surface area contributed by atoms with Gasteiger partial charge in [-0.2, -0.15) is 0 Å². The van der Waals surface area contributed by atoms with Gasteiger partial charge in [0.2, 0.25) is 0 Å². The minimum atomic E-state index is -0.295. The van der Waals surface area contributed by atoms with E-state index in [2.05, 4.69) is 0 Å². The summed E-state index contributed by atoms with van der Waals surface area (Å²) in [5.74, 6) is -0.747. The summed E-state index contributed by atoms with van der Waals surface area (Å²) in [4.78, 5) is 22.8. The zero-order chi connectivity index (χ0) is 18.0. The van der Waals surface area contributed by atoms with Crippen molar-refractivity contribution in [1.29, 1.82) is 0 Å². The first kappa shape index (κ1) is 21.9. The van der Waals surface area contributed by atoms with Crippen molar-refractivity contribution < 1.29 is 28.5 Å². The molecule has 0 aromatic rings. The molecule has 3 unspecified atom stereocenters. The Morgan fingerprint density at radius 1 is 0.652 bits per heavy atom. The number of rotatable bonds is 11. The molecule has 0 N–H and O–H groups in total. The van der Waals surface area contributed by atoms with Gasteiger partial charge in [-0.05, 0) is 20.8 Å². The van der Waals surface area contributed by atoms with E-state index in [-0.39, 0.29) is 48.7 Å². The Labute approximate surface area is 139 Å². The maximum Gasteiger partial charge on any atom is 0.308 e. The van der Waals surface area contributed by atoms with Crippen LogP contribution in [0.5, 0.6) is 0 Å². The first-order chi connectivity index (χ1) is 10.6. The van der Waals surface area contributed by atoms with E-state index in [0.29, 0.717) is 13.2 Å². The van der Waals surface area contributed by atoms with E-state index in [1.807, 2.05) is 13.8 Å². The third kappa shape index (κ3) is 11.1. The summed E-state index contributed by atoms with van der Waals surface area (Å²) in [7, 11) is 0. The van der Waals surface area contributed by atoms with Crippen molar-refractivity contribution in [2.24, 2.45) is 11.8 Å². The molecule has 0 rings (SSSR count). The summed E-state index contributed by atoms with van der Waals surface area (Å²) < 4.78 is 21.5. The van der Waals surface area contributed by atoms with Crippen LogP contribution in [0.1, 0.15) is 48.5 Å². The number of carbonyl (C=O) groups is 2. The van der Waals surface area contributed by atoms with Crippen LogP contribution in [0.3, 0.4) is 0 Å². The highest BCUT2D eigenvalue weighted by Crippen LogP contribution is 2.04. The van der Waals surface area contributed by atoms with Crippen LogP contribution < -0.4 is 0 Å². The average molecular weight is 332 g/mol. The average Bonchev–Trinajstić information content (AvgIpc) is 2.47. The van der Waals surface area contributed by atoms with Gasteiger partial charge in [-0.15, -0.1) is 0 Å². The van der Waals surface area contributed by atoms with Crippen LogP contribution >= 0.6 is 0 Å². The molecule has 0 saturated carbocycles. The second-order valence-electron chi connectivity index (χ2n) is 6.47. The monoisotopic (exact) mass is 332 g/mol. The van der Waals surface area contributed by atoms with Gasteiger partial charge in [-0.3, -0.25) is 9.59 Å². The third-order valence-electron chi connectivity index (χ3n) is 2.95. The number of ether oxygens (including phenoxy) is 4. The highest BCUT2D eigenvalue weighted by atomic mass is 16.6. The quantitative estimate of drug-likeness (QED) is 0.542. The van der Waals surface area contributed by atoms with Crippen LogP contribution in [0, 0.1) is 11.8 Å². The van der Waals surface area contributed by atoms with Gasteiger partial charge in [0.1, 0.15) is 12.7 Å². The lowest BCUT2D eigenvalue weighted by Crippen LogP contribution is -2.29. The SMILES string of the molecule is CC(COC(=O)C(C)C)OCC(C)OCC(C)OC(=O)C(C)C. The molecular weight excluding hydrogens is 300 g/mol. The maximum absolute atomic E-state index is 11.4. The van der Waals surface area contributed by atoms with Gasteiger partial charge in [0, 0.05) is 0 Å². The molecule has 0 amide bonds. The Balaban J connectivity index is 3.83. The van der Waals surface area contributed by atoms with Crippen LogP contribution in [-0.2, 0) is 28.5 Å². The van der Waals surface area contributed by atoms with E-state index in [1.165, 1.54) is 0 Å². The van der Waals surface area contributed by atoms with Crippen molar-refractivity contribution in [1.82, 2.24) is 0 Å². The minimum Gasteiger partial charge on any atom is -0.463 e. The predicted molar refractivity (Wildman–Crippen MR) is 87.0 cm³/mol. The molecule has 0 aromatic heterocycles. The lowest BCUT2D eigenvalue weighted by Gasteiger charge is -2.20. The molecule has 0 aliphatic carbocycles. The van der Waals surface area contributed by atoms with Crippen molar-refractivity contribution in [2.75, 3.05) is 19.8 Å². The van der Waals surface area contributed by atoms with Crippen LogP contribution in [0.2, 0.25) is 0 Å². The zero-order valence-corrected chi connectivity index (χ0v) is 15.5. The van der Waals surface area contributed by atoms with Gasteiger partial charge >= 0.3 is 11.9 Å². The second-order valence-corrected chi connectivity index (χ2v) is 6.47. The van der Waals surface area contributed by atoms with Gasteiger partial charge < -0.3 is 18.9 Å². The Morgan fingerprint density at radius 2 is 1.09 bits per heavy atom. The van der Waals surface area contributed by atoms with E-state index >= 15 is 0 Å². The molecule has 6 heteroatoms. The van der Waals surface area contributed by atoms with E-state index in [9.17, 15) is 9.59 Å². The molecule has 0 fully saturated rings. The van der Waals surface area contributed by atoms with Crippen molar-refractivity contribution in [3.05, 3.63) is 0 Å². The summed E-state index contributed by atoms with van der Waals surface area (Å²) in [5.41, 5.74) is 0. The van der Waals surface area contributed by atoms with Gasteiger partial charge in [0.15, 0.2) is 0 Å². The first-order valence-corrected chi connectivity index (χ1v) is 8.23. The molecular formula is C17H32O6. The third-order valence-corrected chi connectivity index (χ3v) is 2.95. The van der Waals surface area contributed by atoms with Crippen molar-refractivity contribution in [3.63, 3.8) is 0 Å². The molecule has 0 bridgehead atoms. The first-order valence-electron chi connectivity index (χ1n) is 8.23. The normalized spacial score (nSPS) is 15.3. The summed E-state index contributed by atoms with van der Waals surface area (Å²) in [6.45, 7) is 13.6. The van der Waals surface area contributed by atoms with E-state index < -0.39 is 0 Å². The van der Waals surface area contributed by atoms with Gasteiger partial charge in [-0.1, -0.05) is 27.7 Å². The molecule has 0 heterocycles. The van der Waals surface area contributed by atoms with Crippen LogP contribution in [0.4, 0.5) is 0 Å². The van der Waals surface area contributed by atoms with Gasteiger partial charge in [0.25, 0.3) is 0 Å². The van der Waals surface area contributed by atoms with Crippen LogP contribution in [0.15, 0.2) is 0 Å². The molecule has 136 valence electrons. The summed E-state index contributed by atoms with van der Waals surface area (Å²) in [6.07, 6.45) is -0.629. The van der Waals surface area contributed by atoms with E-state index in [0.717, 1.165) is 0 Å². The highest BCUT2D eigenvalue weighted by Gasteiger charge is 2.15. The minimum absolute atomic E-state index is 0.139. The van der Waals surface area contributed by atoms with Crippen molar-refractivity contribution in [2.45, 2.75) is 66.8 Å². The molecule has 0 radical (unpaired) electrons. The summed E-state index contributed by atoms with van der Waals surface area (Å²) in [5, 5.41) is 0. The number of esters is 2. The molecule has 0 aliphatic heterocycles. The van der Waals surface area contributed by atoms with Crippen LogP contribution in [0.25, 0.3) is 0 Å². The summed E-state index contributed by atoms with van der Waals surface area (Å²) >= 11 is 0. The lowest BCUT2D eigenvalue weighted by atomic mass is 10.2. The van der Waals surface area contributed by atoms with E-state index in [4.69, 9.17) is 18.9 Å². The Bertz CT molecular complexity index is 353. The highest BCUT2D eigenvalue weighted by molar-refractivity contribution is 5.71. The Hall–Kier alpha value is -1.14. The van der Waals surface area contributed by atoms with Gasteiger partial charge in [-0.25, -0.2) is 0 Å². The molecule has 0 spiro atoms. The maximum atomic E-state index is 11.4. The van der Waals surface area contributed by atoms with Crippen molar-refractivity contribution in [3.8, 4) is 0 Å². The standard InChI is InChI=1S/C17H32O6/c1-11(2)16(18)22-9-14(6)20-8-13(5)21-10-15(7)23-17(19)12(3)4/h11-15H,8-10H2,1-7H3. The Morgan fingerprint density at radius 3 is 1.57 bits per heavy atom. The fourth-order valence-corrected chi connectivity index (χ4v) is 1.43. The smallest absolute Gasteiger partial charge is 0.308 e. The number of carbonyl (C=O) groups excluding carboxylic acids is 2. The molecule has 3 atom stereocenters. The topological polar surface area (TPSA) is 71.1 Å². The molecule has 23 heavy (non-hydrogen) atoms. The Kier molecular flexibility index (Phi) is 10.8. The number of hydrogen-bond acceptors (Lipinski definition) is 6. The molecule has 0 saturated heterocycles. The number of hydrogen-bond donors (Lipinski definition) is 0. The fourth-order valence-electron chi connectivity index (χ4n) is 1.43. The molecule has 0 aromatic carbocycles. The second kappa shape index (κ2) is 11.4. The van der Waals surface area contributed by atoms with E-state index in [1.54, 1.807) is 34.6 Å².